The third-order valence-corrected chi connectivity index (χ3v) is 5.49. The Bertz CT molecular complexity index is 1510. The monoisotopic (exact) mass is 473 g/mol. The Kier molecular flexibility index (Phi) is 6.26. The van der Waals surface area contributed by atoms with Gasteiger partial charge >= 0.3 is 6.18 Å². The number of hydrogen-bond acceptors (Lipinski definition) is 3. The summed E-state index contributed by atoms with van der Waals surface area (Å²) in [7, 11) is 0. The lowest BCUT2D eigenvalue weighted by atomic mass is 10.0. The van der Waals surface area contributed by atoms with E-state index in [0.29, 0.717) is 27.9 Å². The molecule has 0 spiro atoms. The number of carbonyl (C=O) groups is 2. The molecule has 8 heteroatoms. The van der Waals surface area contributed by atoms with Crippen molar-refractivity contribution in [1.82, 2.24) is 4.40 Å². The maximum absolute atomic E-state index is 13.3. The molecule has 0 bridgehead atoms. The summed E-state index contributed by atoms with van der Waals surface area (Å²) in [4.78, 5) is 26.0. The zero-order chi connectivity index (χ0) is 25.2. The number of alkyl halides is 3. The van der Waals surface area contributed by atoms with Gasteiger partial charge in [0, 0.05) is 23.0 Å². The van der Waals surface area contributed by atoms with Crippen LogP contribution in [0.5, 0.6) is 0 Å². The SMILES string of the molecule is Cc1c(C=C(C#N)C(=O)Nc2cccc(C(F)(F)F)c2)c2ccccn2c1C(=O)c1ccccc1. The molecule has 0 radical (unpaired) electrons. The lowest BCUT2D eigenvalue weighted by molar-refractivity contribution is -0.137. The predicted molar refractivity (Wildman–Crippen MR) is 126 cm³/mol. The van der Waals surface area contributed by atoms with Gasteiger partial charge in [-0.1, -0.05) is 42.5 Å². The number of halogens is 3. The highest BCUT2D eigenvalue weighted by Crippen LogP contribution is 2.31. The number of nitrogens with one attached hydrogen (secondary N) is 1. The van der Waals surface area contributed by atoms with E-state index in [-0.39, 0.29) is 17.0 Å². The average molecular weight is 473 g/mol. The molecule has 0 aliphatic carbocycles. The molecule has 0 atom stereocenters. The Hall–Kier alpha value is -4.64. The highest BCUT2D eigenvalue weighted by atomic mass is 19.4. The molecule has 0 unspecified atom stereocenters. The van der Waals surface area contributed by atoms with Crippen LogP contribution in [0.3, 0.4) is 0 Å². The van der Waals surface area contributed by atoms with Crippen molar-refractivity contribution in [3.05, 3.63) is 113 Å². The fourth-order valence-corrected chi connectivity index (χ4v) is 3.81. The first-order valence-electron chi connectivity index (χ1n) is 10.5. The topological polar surface area (TPSA) is 74.4 Å². The Morgan fingerprint density at radius 3 is 2.40 bits per heavy atom. The number of carbonyl (C=O) groups excluding carboxylic acids is 2. The number of pyridine rings is 1. The maximum Gasteiger partial charge on any atom is 0.416 e. The molecule has 0 fully saturated rings. The molecule has 5 nitrogen and oxygen atoms in total. The number of aromatic nitrogens is 1. The molecule has 0 aliphatic heterocycles. The van der Waals surface area contributed by atoms with Crippen molar-refractivity contribution in [2.24, 2.45) is 0 Å². The minimum Gasteiger partial charge on any atom is -0.321 e. The fraction of sp³-hybridized carbons (Fsp3) is 0.0741. The zero-order valence-electron chi connectivity index (χ0n) is 18.4. The molecule has 2 aromatic heterocycles. The summed E-state index contributed by atoms with van der Waals surface area (Å²) in [6.07, 6.45) is -1.52. The number of amides is 1. The molecule has 4 rings (SSSR count). The number of fused-ring (bicyclic) bond motifs is 1. The summed E-state index contributed by atoms with van der Waals surface area (Å²) < 4.78 is 40.7. The van der Waals surface area contributed by atoms with Crippen molar-refractivity contribution in [1.29, 1.82) is 5.26 Å². The van der Waals surface area contributed by atoms with Crippen LogP contribution < -0.4 is 5.32 Å². The summed E-state index contributed by atoms with van der Waals surface area (Å²) in [5, 5.41) is 12.0. The highest BCUT2D eigenvalue weighted by Gasteiger charge is 2.30. The number of hydrogen-bond donors (Lipinski definition) is 1. The third kappa shape index (κ3) is 4.70. The standard InChI is InChI=1S/C27H18F3N3O2/c1-17-22(14-19(16-31)26(35)32-21-11-7-10-20(15-21)27(28,29)30)23-12-5-6-13-33(23)24(17)25(34)18-8-3-2-4-9-18/h2-15H,1H3,(H,32,35). The van der Waals surface area contributed by atoms with Gasteiger partial charge in [0.2, 0.25) is 5.78 Å². The van der Waals surface area contributed by atoms with Crippen LogP contribution in [0.25, 0.3) is 11.6 Å². The predicted octanol–water partition coefficient (Wildman–Crippen LogP) is 6.04. The first-order chi connectivity index (χ1) is 16.7. The van der Waals surface area contributed by atoms with Gasteiger partial charge in [0.15, 0.2) is 0 Å². The van der Waals surface area contributed by atoms with E-state index >= 15 is 0 Å². The molecule has 1 amide bonds. The van der Waals surface area contributed by atoms with Crippen molar-refractivity contribution in [3.8, 4) is 6.07 Å². The molecule has 1 N–H and O–H groups in total. The summed E-state index contributed by atoms with van der Waals surface area (Å²) in [6.45, 7) is 1.72. The van der Waals surface area contributed by atoms with Crippen LogP contribution in [0.2, 0.25) is 0 Å². The van der Waals surface area contributed by atoms with Gasteiger partial charge in [-0.3, -0.25) is 9.59 Å². The molecular formula is C27H18F3N3O2. The number of nitriles is 1. The first kappa shape index (κ1) is 23.5. The normalized spacial score (nSPS) is 11.8. The second kappa shape index (κ2) is 9.31. The fourth-order valence-electron chi connectivity index (χ4n) is 3.81. The molecule has 174 valence electrons. The quantitative estimate of drug-likeness (QED) is 0.218. The van der Waals surface area contributed by atoms with Crippen LogP contribution in [0, 0.1) is 18.3 Å². The number of benzene rings is 2. The van der Waals surface area contributed by atoms with Gasteiger partial charge in [-0.2, -0.15) is 18.4 Å². The molecular weight excluding hydrogens is 455 g/mol. The second-order valence-corrected chi connectivity index (χ2v) is 7.74. The van der Waals surface area contributed by atoms with Gasteiger partial charge in [-0.15, -0.1) is 0 Å². The van der Waals surface area contributed by atoms with Gasteiger partial charge < -0.3 is 9.72 Å². The van der Waals surface area contributed by atoms with Gasteiger partial charge in [0.1, 0.15) is 11.6 Å². The maximum atomic E-state index is 13.3. The zero-order valence-corrected chi connectivity index (χ0v) is 18.4. The number of rotatable bonds is 5. The largest absolute Gasteiger partial charge is 0.416 e. The third-order valence-electron chi connectivity index (χ3n) is 5.49. The molecule has 4 aromatic rings. The van der Waals surface area contributed by atoms with E-state index in [1.807, 2.05) is 6.07 Å². The van der Waals surface area contributed by atoms with Crippen LogP contribution in [-0.2, 0) is 11.0 Å². The Morgan fingerprint density at radius 2 is 1.71 bits per heavy atom. The average Bonchev–Trinajstić information content (AvgIpc) is 3.13. The van der Waals surface area contributed by atoms with Gasteiger partial charge in [0.05, 0.1) is 16.8 Å². The summed E-state index contributed by atoms with van der Waals surface area (Å²) in [5.41, 5.74) is 1.18. The smallest absolute Gasteiger partial charge is 0.321 e. The van der Waals surface area contributed by atoms with Gasteiger partial charge in [0.25, 0.3) is 5.91 Å². The highest BCUT2D eigenvalue weighted by molar-refractivity contribution is 6.13. The van der Waals surface area contributed by atoms with Crippen molar-refractivity contribution in [2.45, 2.75) is 13.1 Å². The van der Waals surface area contributed by atoms with E-state index in [9.17, 15) is 28.0 Å². The first-order valence-corrected chi connectivity index (χ1v) is 10.5. The Labute approximate surface area is 198 Å². The van der Waals surface area contributed by atoms with E-state index in [4.69, 9.17) is 0 Å². The van der Waals surface area contributed by atoms with Crippen molar-refractivity contribution < 1.29 is 22.8 Å². The minimum absolute atomic E-state index is 0.0932. The van der Waals surface area contributed by atoms with Crippen molar-refractivity contribution in [3.63, 3.8) is 0 Å². The minimum atomic E-state index is -4.57. The molecule has 0 saturated carbocycles. The second-order valence-electron chi connectivity index (χ2n) is 7.74. The molecule has 2 heterocycles. The van der Waals surface area contributed by atoms with E-state index < -0.39 is 17.6 Å². The number of ketones is 1. The van der Waals surface area contributed by atoms with Crippen LogP contribution >= 0.6 is 0 Å². The molecule has 35 heavy (non-hydrogen) atoms. The van der Waals surface area contributed by atoms with Crippen LogP contribution in [-0.4, -0.2) is 16.1 Å². The lowest BCUT2D eigenvalue weighted by Gasteiger charge is -2.09. The van der Waals surface area contributed by atoms with E-state index in [2.05, 4.69) is 5.32 Å². The summed E-state index contributed by atoms with van der Waals surface area (Å²) in [5.74, 6) is -1.09. The van der Waals surface area contributed by atoms with Crippen molar-refractivity contribution in [2.75, 3.05) is 5.32 Å². The molecule has 0 aliphatic rings. The van der Waals surface area contributed by atoms with Crippen molar-refractivity contribution >= 4 is 29.0 Å². The van der Waals surface area contributed by atoms with Crippen LogP contribution in [0.1, 0.15) is 32.7 Å². The molecule has 0 saturated heterocycles. The Morgan fingerprint density at radius 1 is 1.00 bits per heavy atom. The van der Waals surface area contributed by atoms with Gasteiger partial charge in [-0.25, -0.2) is 0 Å². The van der Waals surface area contributed by atoms with E-state index in [0.717, 1.165) is 12.1 Å². The number of anilines is 1. The Balaban J connectivity index is 1.75. The van der Waals surface area contributed by atoms with E-state index in [1.54, 1.807) is 66.1 Å². The lowest BCUT2D eigenvalue weighted by Crippen LogP contribution is -2.14. The van der Waals surface area contributed by atoms with E-state index in [1.165, 1.54) is 18.2 Å². The number of nitrogens with zero attached hydrogens (tertiary/aromatic N) is 2. The summed E-state index contributed by atoms with van der Waals surface area (Å²) >= 11 is 0. The van der Waals surface area contributed by atoms with Gasteiger partial charge in [-0.05, 0) is 48.9 Å². The summed E-state index contributed by atoms with van der Waals surface area (Å²) in [6, 6.07) is 19.9. The van der Waals surface area contributed by atoms with Crippen LogP contribution in [0.4, 0.5) is 18.9 Å². The molecule has 2 aromatic carbocycles. The van der Waals surface area contributed by atoms with Crippen LogP contribution in [0.15, 0.2) is 84.6 Å².